The Hall–Kier alpha value is -1.59. The number of aliphatic carboxylic acids is 1. The molecule has 0 spiro atoms. The molecule has 3 aromatic carbocycles. The number of carboxylic acid groups (broad SMARTS) is 1. The zero-order chi connectivity index (χ0) is 20.2. The number of hydrogen-bond acceptors (Lipinski definition) is 2. The number of carbonyl (C=O) groups is 1. The van der Waals surface area contributed by atoms with Crippen LogP contribution in [0.15, 0.2) is 91.0 Å². The SMILES string of the molecule is C[Se]CC[C@H](N)C(=O)O.c1cc[c]([SnH]([c]2ccccc2)[c]2ccccc2)cc1. The minimum atomic E-state index is -2.14. The van der Waals surface area contributed by atoms with E-state index in [2.05, 4.69) is 96.8 Å². The minimum absolute atomic E-state index is 0.549. The number of benzene rings is 3. The first-order valence-corrected chi connectivity index (χ1v) is 17.1. The van der Waals surface area contributed by atoms with E-state index in [9.17, 15) is 4.79 Å². The fourth-order valence-electron chi connectivity index (χ4n) is 2.88. The molecule has 0 saturated carbocycles. The Morgan fingerprint density at radius 2 is 1.21 bits per heavy atom. The van der Waals surface area contributed by atoms with Gasteiger partial charge in [0.2, 0.25) is 0 Å². The zero-order valence-corrected chi connectivity index (χ0v) is 21.1. The Kier molecular flexibility index (Phi) is 10.4. The average molecular weight is 547 g/mol. The van der Waals surface area contributed by atoms with E-state index in [0.717, 1.165) is 5.32 Å². The van der Waals surface area contributed by atoms with E-state index in [-0.39, 0.29) is 0 Å². The van der Waals surface area contributed by atoms with Gasteiger partial charge in [-0.3, -0.25) is 0 Å². The van der Waals surface area contributed by atoms with Gasteiger partial charge >= 0.3 is 182 Å². The summed E-state index contributed by atoms with van der Waals surface area (Å²) in [5.74, 6) is 1.18. The van der Waals surface area contributed by atoms with E-state index in [0.29, 0.717) is 21.4 Å². The molecule has 1 atom stereocenters. The molecular weight excluding hydrogens is 520 g/mol. The number of nitrogens with two attached hydrogens (primary N) is 1. The quantitative estimate of drug-likeness (QED) is 0.445. The zero-order valence-electron chi connectivity index (χ0n) is 16.1. The van der Waals surface area contributed by atoms with E-state index < -0.39 is 31.8 Å². The van der Waals surface area contributed by atoms with Crippen LogP contribution in [0.25, 0.3) is 0 Å². The fourth-order valence-corrected chi connectivity index (χ4v) is 12.4. The van der Waals surface area contributed by atoms with Gasteiger partial charge in [-0.05, 0) is 0 Å². The molecule has 28 heavy (non-hydrogen) atoms. The van der Waals surface area contributed by atoms with Crippen molar-refractivity contribution < 1.29 is 9.90 Å². The van der Waals surface area contributed by atoms with Crippen molar-refractivity contribution in [3.63, 3.8) is 0 Å². The molecule has 3 aromatic rings. The summed E-state index contributed by atoms with van der Waals surface area (Å²) >= 11 is -1.59. The molecule has 0 saturated heterocycles. The molecule has 3 N–H and O–H groups in total. The summed E-state index contributed by atoms with van der Waals surface area (Å²) in [4.78, 5) is 10.1. The second-order valence-corrected chi connectivity index (χ2v) is 16.6. The van der Waals surface area contributed by atoms with Crippen LogP contribution in [-0.2, 0) is 4.79 Å². The summed E-state index contributed by atoms with van der Waals surface area (Å²) in [6.07, 6.45) is 0.617. The predicted octanol–water partition coefficient (Wildman–Crippen LogP) is 1.89. The van der Waals surface area contributed by atoms with Gasteiger partial charge in [0.25, 0.3) is 0 Å². The van der Waals surface area contributed by atoms with Crippen molar-refractivity contribution in [3.8, 4) is 0 Å². The summed E-state index contributed by atoms with van der Waals surface area (Å²) in [6.45, 7) is 0. The maximum atomic E-state index is 10.1. The van der Waals surface area contributed by atoms with Crippen LogP contribution in [0.2, 0.25) is 11.1 Å². The number of carboxylic acids is 1. The molecule has 0 heterocycles. The standard InChI is InChI=1S/3C6H5.C5H11NO2Se.Sn.H/c3*1-2-4-6-5-3-1;1-9-3-2-4(6)5(7)8;;/h3*1-5H;4H,2-3,6H2,1H3,(H,7,8);;/t;;;4-;;/m...0../s1. The molecular formula is C23H27NO2SeSn. The normalized spacial score (nSPS) is 11.4. The molecule has 146 valence electrons. The molecule has 0 aromatic heterocycles. The van der Waals surface area contributed by atoms with Crippen molar-refractivity contribution in [2.45, 2.75) is 23.6 Å². The first-order chi connectivity index (χ1) is 13.6. The van der Waals surface area contributed by atoms with Gasteiger partial charge < -0.3 is 0 Å². The van der Waals surface area contributed by atoms with Crippen LogP contribution in [0.3, 0.4) is 0 Å². The van der Waals surface area contributed by atoms with Crippen LogP contribution >= 0.6 is 0 Å². The molecule has 0 radical (unpaired) electrons. The van der Waals surface area contributed by atoms with Gasteiger partial charge in [-0.25, -0.2) is 0 Å². The van der Waals surface area contributed by atoms with Crippen molar-refractivity contribution >= 4 is 51.4 Å². The summed E-state index contributed by atoms with van der Waals surface area (Å²) < 4.78 is 4.63. The second-order valence-electron chi connectivity index (χ2n) is 6.39. The predicted molar refractivity (Wildman–Crippen MR) is 122 cm³/mol. The van der Waals surface area contributed by atoms with Crippen LogP contribution in [0.5, 0.6) is 0 Å². The van der Waals surface area contributed by atoms with Crippen LogP contribution in [0.4, 0.5) is 0 Å². The molecule has 0 aliphatic rings. The molecule has 0 unspecified atom stereocenters. The van der Waals surface area contributed by atoms with E-state index >= 15 is 0 Å². The van der Waals surface area contributed by atoms with E-state index in [1.807, 2.05) is 0 Å². The summed E-state index contributed by atoms with van der Waals surface area (Å²) in [5, 5.41) is 9.25. The second kappa shape index (κ2) is 12.8. The van der Waals surface area contributed by atoms with Gasteiger partial charge in [0.05, 0.1) is 0 Å². The van der Waals surface area contributed by atoms with Crippen molar-refractivity contribution in [1.82, 2.24) is 0 Å². The van der Waals surface area contributed by atoms with Crippen LogP contribution in [-0.4, -0.2) is 51.8 Å². The van der Waals surface area contributed by atoms with E-state index in [1.54, 1.807) is 10.7 Å². The van der Waals surface area contributed by atoms with E-state index in [1.165, 1.54) is 0 Å². The van der Waals surface area contributed by atoms with Gasteiger partial charge in [0.1, 0.15) is 0 Å². The van der Waals surface area contributed by atoms with Crippen LogP contribution < -0.4 is 16.5 Å². The maximum absolute atomic E-state index is 10.1. The van der Waals surface area contributed by atoms with Crippen molar-refractivity contribution in [3.05, 3.63) is 91.0 Å². The van der Waals surface area contributed by atoms with Gasteiger partial charge in [-0.1, -0.05) is 0 Å². The van der Waals surface area contributed by atoms with Gasteiger partial charge in [-0.2, -0.15) is 0 Å². The number of rotatable bonds is 7. The monoisotopic (exact) mass is 549 g/mol. The summed E-state index contributed by atoms with van der Waals surface area (Å²) in [5.41, 5.74) is 5.21. The Labute approximate surface area is 180 Å². The van der Waals surface area contributed by atoms with E-state index in [4.69, 9.17) is 10.8 Å². The van der Waals surface area contributed by atoms with Gasteiger partial charge in [-0.15, -0.1) is 0 Å². The van der Waals surface area contributed by atoms with Gasteiger partial charge in [0.15, 0.2) is 0 Å². The summed E-state index contributed by atoms with van der Waals surface area (Å²) in [7, 11) is 0. The van der Waals surface area contributed by atoms with Crippen LogP contribution in [0.1, 0.15) is 6.42 Å². The molecule has 0 aliphatic heterocycles. The molecule has 5 heteroatoms. The molecule has 0 amide bonds. The van der Waals surface area contributed by atoms with Crippen molar-refractivity contribution in [2.24, 2.45) is 5.73 Å². The summed E-state index contributed by atoms with van der Waals surface area (Å²) in [6, 6.07) is 32.4. The topological polar surface area (TPSA) is 63.3 Å². The first-order valence-electron chi connectivity index (χ1n) is 9.25. The van der Waals surface area contributed by atoms with Gasteiger partial charge in [0, 0.05) is 0 Å². The fraction of sp³-hybridized carbons (Fsp3) is 0.174. The Morgan fingerprint density at radius 1 is 0.857 bits per heavy atom. The third kappa shape index (κ3) is 7.44. The molecule has 0 fully saturated rings. The molecule has 0 aliphatic carbocycles. The first kappa shape index (κ1) is 22.7. The Morgan fingerprint density at radius 3 is 1.50 bits per heavy atom. The third-order valence-corrected chi connectivity index (χ3v) is 14.7. The van der Waals surface area contributed by atoms with Crippen molar-refractivity contribution in [1.29, 1.82) is 0 Å². The third-order valence-electron chi connectivity index (χ3n) is 4.35. The Bertz CT molecular complexity index is 722. The number of hydrogen-bond donors (Lipinski definition) is 2. The molecule has 3 nitrogen and oxygen atoms in total. The molecule has 3 rings (SSSR count). The van der Waals surface area contributed by atoms with Crippen LogP contribution in [0, 0.1) is 0 Å². The average Bonchev–Trinajstić information content (AvgIpc) is 2.75. The Balaban J connectivity index is 0.000000266. The van der Waals surface area contributed by atoms with Crippen molar-refractivity contribution in [2.75, 3.05) is 0 Å². The molecule has 0 bridgehead atoms.